The molecule has 0 saturated heterocycles. The highest BCUT2D eigenvalue weighted by Gasteiger charge is 2.29. The molecule has 38 heavy (non-hydrogen) atoms. The van der Waals surface area contributed by atoms with Crippen molar-refractivity contribution >= 4 is 11.8 Å². The van der Waals surface area contributed by atoms with E-state index in [0.29, 0.717) is 25.4 Å². The van der Waals surface area contributed by atoms with Crippen molar-refractivity contribution in [3.63, 3.8) is 0 Å². The maximum absolute atomic E-state index is 13.5. The predicted octanol–water partition coefficient (Wildman–Crippen LogP) is 5.32. The van der Waals surface area contributed by atoms with Crippen LogP contribution in [0.15, 0.2) is 66.7 Å². The summed E-state index contributed by atoms with van der Waals surface area (Å²) in [5.74, 6) is 0.792. The zero-order valence-corrected chi connectivity index (χ0v) is 23.6. The van der Waals surface area contributed by atoms with E-state index in [0.717, 1.165) is 36.1 Å². The van der Waals surface area contributed by atoms with Gasteiger partial charge in [-0.3, -0.25) is 14.9 Å². The number of hydrogen-bond donors (Lipinski definition) is 3. The molecular formula is C32H45N3O3. The molecule has 2 aromatic carbocycles. The first kappa shape index (κ1) is 29.4. The molecular weight excluding hydrogens is 474 g/mol. The van der Waals surface area contributed by atoms with Crippen LogP contribution in [0.1, 0.15) is 71.4 Å². The molecule has 1 aliphatic rings. The van der Waals surface area contributed by atoms with Crippen LogP contribution >= 0.6 is 0 Å². The molecule has 0 radical (unpaired) electrons. The third-order valence-corrected chi connectivity index (χ3v) is 6.44. The molecule has 0 aliphatic heterocycles. The Morgan fingerprint density at radius 3 is 2.26 bits per heavy atom. The smallest absolute Gasteiger partial charge is 0.243 e. The first-order valence-corrected chi connectivity index (χ1v) is 13.9. The van der Waals surface area contributed by atoms with E-state index in [2.05, 4.69) is 41.9 Å². The largest absolute Gasteiger partial charge is 0.489 e. The molecule has 206 valence electrons. The molecule has 3 atom stereocenters. The van der Waals surface area contributed by atoms with Crippen molar-refractivity contribution in [1.29, 1.82) is 0 Å². The first-order chi connectivity index (χ1) is 18.1. The Morgan fingerprint density at radius 2 is 1.66 bits per heavy atom. The van der Waals surface area contributed by atoms with Crippen LogP contribution in [0.4, 0.5) is 0 Å². The molecule has 1 unspecified atom stereocenters. The van der Waals surface area contributed by atoms with Gasteiger partial charge in [-0.05, 0) is 75.6 Å². The lowest BCUT2D eigenvalue weighted by molar-refractivity contribution is -0.131. The molecule has 0 fully saturated rings. The van der Waals surface area contributed by atoms with Crippen molar-refractivity contribution in [3.8, 4) is 5.75 Å². The Morgan fingerprint density at radius 1 is 0.947 bits per heavy atom. The van der Waals surface area contributed by atoms with E-state index in [1.165, 1.54) is 0 Å². The standard InChI is InChI=1S/C32H45N3O3/c1-23(2)20-28(33-26-14-10-7-11-15-26)30(36)34-29(31(37)35-32(3,4)5)21-24-16-18-27(19-17-24)38-22-25-12-8-6-9-13-25/h6,8-10,12-14,16-19,23,26,28-29,33H,7,11,15,20-22H2,1-5H3,(H,34,36)(H,35,37)/t26?,28-,29-/m0/s1. The Labute approximate surface area is 228 Å². The lowest BCUT2D eigenvalue weighted by Crippen LogP contribution is -2.57. The highest BCUT2D eigenvalue weighted by Crippen LogP contribution is 2.17. The fourth-order valence-corrected chi connectivity index (χ4v) is 4.57. The van der Waals surface area contributed by atoms with Gasteiger partial charge in [-0.15, -0.1) is 0 Å². The number of allylic oxidation sites excluding steroid dienone is 1. The zero-order valence-electron chi connectivity index (χ0n) is 23.6. The summed E-state index contributed by atoms with van der Waals surface area (Å²) in [4.78, 5) is 26.8. The van der Waals surface area contributed by atoms with Crippen molar-refractivity contribution in [2.24, 2.45) is 5.92 Å². The van der Waals surface area contributed by atoms with E-state index >= 15 is 0 Å². The fourth-order valence-electron chi connectivity index (χ4n) is 4.57. The lowest BCUT2D eigenvalue weighted by atomic mass is 9.97. The fraction of sp³-hybridized carbons (Fsp3) is 0.500. The second-order valence-corrected chi connectivity index (χ2v) is 11.7. The Balaban J connectivity index is 1.69. The van der Waals surface area contributed by atoms with Gasteiger partial charge in [0.1, 0.15) is 18.4 Å². The van der Waals surface area contributed by atoms with E-state index in [1.54, 1.807) is 0 Å². The van der Waals surface area contributed by atoms with E-state index in [9.17, 15) is 9.59 Å². The number of carbonyl (C=O) groups is 2. The lowest BCUT2D eigenvalue weighted by Gasteiger charge is -2.29. The van der Waals surface area contributed by atoms with E-state index in [4.69, 9.17) is 4.74 Å². The molecule has 0 heterocycles. The molecule has 1 aliphatic carbocycles. The summed E-state index contributed by atoms with van der Waals surface area (Å²) < 4.78 is 5.91. The van der Waals surface area contributed by atoms with Gasteiger partial charge in [0, 0.05) is 18.0 Å². The molecule has 6 nitrogen and oxygen atoms in total. The summed E-state index contributed by atoms with van der Waals surface area (Å²) in [6, 6.07) is 16.9. The second-order valence-electron chi connectivity index (χ2n) is 11.7. The van der Waals surface area contributed by atoms with E-state index < -0.39 is 11.6 Å². The van der Waals surface area contributed by atoms with Crippen LogP contribution in [-0.2, 0) is 22.6 Å². The summed E-state index contributed by atoms with van der Waals surface area (Å²) in [5, 5.41) is 9.65. The van der Waals surface area contributed by atoms with Crippen LogP contribution in [0.25, 0.3) is 0 Å². The van der Waals surface area contributed by atoms with Crippen molar-refractivity contribution < 1.29 is 14.3 Å². The number of nitrogens with one attached hydrogen (secondary N) is 3. The van der Waals surface area contributed by atoms with Gasteiger partial charge >= 0.3 is 0 Å². The minimum absolute atomic E-state index is 0.130. The molecule has 0 aromatic heterocycles. The summed E-state index contributed by atoms with van der Waals surface area (Å²) in [6.45, 7) is 10.6. The Bertz CT molecular complexity index is 1040. The Hall–Kier alpha value is -3.12. The topological polar surface area (TPSA) is 79.5 Å². The first-order valence-electron chi connectivity index (χ1n) is 13.9. The summed E-state index contributed by atoms with van der Waals surface area (Å²) in [7, 11) is 0. The van der Waals surface area contributed by atoms with Crippen molar-refractivity contribution in [2.45, 2.75) is 97.0 Å². The maximum atomic E-state index is 13.5. The predicted molar refractivity (Wildman–Crippen MR) is 154 cm³/mol. The molecule has 2 aromatic rings. The third kappa shape index (κ3) is 10.3. The van der Waals surface area contributed by atoms with Gasteiger partial charge in [-0.25, -0.2) is 0 Å². The quantitative estimate of drug-likeness (QED) is 0.332. The number of carbonyl (C=O) groups excluding carboxylic acids is 2. The summed E-state index contributed by atoms with van der Waals surface area (Å²) in [5.41, 5.74) is 1.65. The molecule has 2 amide bonds. The number of benzene rings is 2. The van der Waals surface area contributed by atoms with Crippen LogP contribution < -0.4 is 20.7 Å². The van der Waals surface area contributed by atoms with Gasteiger partial charge < -0.3 is 15.4 Å². The van der Waals surface area contributed by atoms with Gasteiger partial charge in [0.25, 0.3) is 0 Å². The Kier molecular flexibility index (Phi) is 11.0. The molecule has 3 rings (SSSR count). The van der Waals surface area contributed by atoms with Gasteiger partial charge in [0.05, 0.1) is 6.04 Å². The van der Waals surface area contributed by atoms with Crippen LogP contribution in [0.5, 0.6) is 5.75 Å². The van der Waals surface area contributed by atoms with Crippen molar-refractivity contribution in [1.82, 2.24) is 16.0 Å². The minimum Gasteiger partial charge on any atom is -0.489 e. The highest BCUT2D eigenvalue weighted by molar-refractivity contribution is 5.90. The van der Waals surface area contributed by atoms with Gasteiger partial charge in [-0.1, -0.05) is 68.5 Å². The summed E-state index contributed by atoms with van der Waals surface area (Å²) >= 11 is 0. The number of hydrogen-bond acceptors (Lipinski definition) is 4. The molecule has 0 saturated carbocycles. The van der Waals surface area contributed by atoms with Crippen molar-refractivity contribution in [3.05, 3.63) is 77.9 Å². The number of amides is 2. The molecule has 6 heteroatoms. The average molecular weight is 520 g/mol. The average Bonchev–Trinajstić information content (AvgIpc) is 2.87. The van der Waals surface area contributed by atoms with E-state index in [1.807, 2.05) is 75.4 Å². The SMILES string of the molecule is CC(C)C[C@H](NC1C=CCCC1)C(=O)N[C@@H](Cc1ccc(OCc2ccccc2)cc1)C(=O)NC(C)(C)C. The van der Waals surface area contributed by atoms with Gasteiger partial charge in [-0.2, -0.15) is 0 Å². The molecule has 0 bridgehead atoms. The molecule has 3 N–H and O–H groups in total. The number of ether oxygens (including phenoxy) is 1. The van der Waals surface area contributed by atoms with Crippen molar-refractivity contribution in [2.75, 3.05) is 0 Å². The number of rotatable bonds is 12. The van der Waals surface area contributed by atoms with E-state index in [-0.39, 0.29) is 23.9 Å². The van der Waals surface area contributed by atoms with Crippen LogP contribution in [0.3, 0.4) is 0 Å². The normalized spacial score (nSPS) is 17.1. The van der Waals surface area contributed by atoms with Gasteiger partial charge in [0.2, 0.25) is 11.8 Å². The maximum Gasteiger partial charge on any atom is 0.243 e. The van der Waals surface area contributed by atoms with Gasteiger partial charge in [0.15, 0.2) is 0 Å². The zero-order chi connectivity index (χ0) is 27.5. The summed E-state index contributed by atoms with van der Waals surface area (Å²) in [6.07, 6.45) is 8.66. The third-order valence-electron chi connectivity index (χ3n) is 6.44. The highest BCUT2D eigenvalue weighted by atomic mass is 16.5. The monoisotopic (exact) mass is 519 g/mol. The van der Waals surface area contributed by atoms with Crippen LogP contribution in [0.2, 0.25) is 0 Å². The van der Waals surface area contributed by atoms with Crippen LogP contribution in [-0.4, -0.2) is 35.5 Å². The molecule has 0 spiro atoms. The second kappa shape index (κ2) is 14.1. The minimum atomic E-state index is -0.684. The van der Waals surface area contributed by atoms with Crippen LogP contribution in [0, 0.1) is 5.92 Å².